The molecular weight excluding hydrogens is 298 g/mol. The number of nitrogens with zero attached hydrogens (tertiary/aromatic N) is 1. The Balaban J connectivity index is 2.41. The van der Waals surface area contributed by atoms with E-state index in [1.165, 1.54) is 29.7 Å². The lowest BCUT2D eigenvalue weighted by molar-refractivity contribution is -0.376. The monoisotopic (exact) mass is 330 g/mol. The third-order valence-corrected chi connectivity index (χ3v) is 4.57. The van der Waals surface area contributed by atoms with Crippen LogP contribution in [0.4, 0.5) is 5.82 Å². The molecule has 0 saturated heterocycles. The highest BCUT2D eigenvalue weighted by Gasteiger charge is 2.33. The minimum atomic E-state index is -0.214. The number of ether oxygens (including phenoxy) is 1. The summed E-state index contributed by atoms with van der Waals surface area (Å²) in [4.78, 5) is 3.51. The van der Waals surface area contributed by atoms with Crippen molar-refractivity contribution in [3.05, 3.63) is 22.4 Å². The summed E-state index contributed by atoms with van der Waals surface area (Å²) in [6, 6.07) is 2.43. The van der Waals surface area contributed by atoms with E-state index in [0.29, 0.717) is 12.5 Å². The molecule has 0 saturated carbocycles. The molecule has 0 aliphatic carbocycles. The van der Waals surface area contributed by atoms with Crippen molar-refractivity contribution in [2.45, 2.75) is 78.9 Å². The van der Waals surface area contributed by atoms with Gasteiger partial charge in [-0.1, -0.05) is 27.2 Å². The number of unbranched alkanes of at least 4 members (excludes halogenated alkanes) is 2. The number of hydrogen-bond donors (Lipinski definition) is 1. The zero-order chi connectivity index (χ0) is 17.7. The number of aromatic nitrogens is 1. The number of hydrogen-bond acceptors (Lipinski definition) is 3. The van der Waals surface area contributed by atoms with Crippen molar-refractivity contribution in [1.29, 1.82) is 5.26 Å². The fourth-order valence-electron chi connectivity index (χ4n) is 3.31. The summed E-state index contributed by atoms with van der Waals surface area (Å²) in [6.07, 6.45) is 5.29. The Morgan fingerprint density at radius 2 is 2.04 bits per heavy atom. The molecule has 2 heterocycles. The van der Waals surface area contributed by atoms with Gasteiger partial charge in [-0.2, -0.15) is 5.26 Å². The van der Waals surface area contributed by atoms with Crippen LogP contribution in [0.2, 0.25) is 0 Å². The van der Waals surface area contributed by atoms with Crippen molar-refractivity contribution in [3.63, 3.8) is 0 Å². The third kappa shape index (κ3) is 4.48. The summed E-state index contributed by atoms with van der Waals surface area (Å²) in [5.74, 6) is 1.45. The van der Waals surface area contributed by atoms with Gasteiger partial charge in [-0.15, -0.1) is 0 Å². The Bertz CT molecular complexity index is 614. The number of rotatable bonds is 7. The van der Waals surface area contributed by atoms with Crippen LogP contribution in [-0.4, -0.2) is 12.1 Å². The van der Waals surface area contributed by atoms with E-state index in [1.807, 2.05) is 0 Å². The number of fused-ring (bicyclic) bond motifs is 1. The smallest absolute Gasteiger partial charge is 0.290 e. The van der Waals surface area contributed by atoms with Gasteiger partial charge in [0.15, 0.2) is 0 Å². The lowest BCUT2D eigenvalue weighted by atomic mass is 9.87. The first kappa shape index (κ1) is 18.7. The minimum Gasteiger partial charge on any atom is -0.370 e. The van der Waals surface area contributed by atoms with Crippen molar-refractivity contribution in [1.82, 2.24) is 0 Å². The second-order valence-corrected chi connectivity index (χ2v) is 7.88. The van der Waals surface area contributed by atoms with Gasteiger partial charge >= 0.3 is 0 Å². The maximum absolute atomic E-state index is 9.77. The number of pyridine rings is 1. The molecule has 1 aromatic rings. The Labute approximate surface area is 146 Å². The number of nitriles is 1. The van der Waals surface area contributed by atoms with E-state index in [2.05, 4.69) is 51.0 Å². The molecular formula is C20H32N3O+. The standard InChI is InChI=1S/C20H31N3O/c1-6-7-8-9-22-19-16(12-21)15-11-20(4,5)24-13-17(15)18(23-19)10-14(2)3/h14H,6-11,13H2,1-5H3,(H,22,23)/p+1. The molecule has 0 fully saturated rings. The Morgan fingerprint density at radius 1 is 1.29 bits per heavy atom. The van der Waals surface area contributed by atoms with E-state index in [1.54, 1.807) is 0 Å². The summed E-state index contributed by atoms with van der Waals surface area (Å²) in [5.41, 5.74) is 4.13. The highest BCUT2D eigenvalue weighted by atomic mass is 16.5. The van der Waals surface area contributed by atoms with Gasteiger partial charge in [0.1, 0.15) is 17.3 Å². The van der Waals surface area contributed by atoms with E-state index in [9.17, 15) is 5.26 Å². The summed E-state index contributed by atoms with van der Waals surface area (Å²) < 4.78 is 6.02. The second-order valence-electron chi connectivity index (χ2n) is 7.88. The van der Waals surface area contributed by atoms with Crippen molar-refractivity contribution in [2.75, 3.05) is 11.9 Å². The first-order valence-electron chi connectivity index (χ1n) is 9.25. The number of anilines is 1. The fourth-order valence-corrected chi connectivity index (χ4v) is 3.31. The number of aromatic amines is 1. The highest BCUT2D eigenvalue weighted by molar-refractivity contribution is 5.56. The van der Waals surface area contributed by atoms with Gasteiger partial charge < -0.3 is 4.74 Å². The first-order chi connectivity index (χ1) is 11.4. The molecule has 1 aliphatic rings. The zero-order valence-corrected chi connectivity index (χ0v) is 15.9. The first-order valence-corrected chi connectivity index (χ1v) is 9.25. The molecule has 0 radical (unpaired) electrons. The van der Waals surface area contributed by atoms with Gasteiger partial charge in [0.05, 0.1) is 18.8 Å². The zero-order valence-electron chi connectivity index (χ0n) is 15.9. The van der Waals surface area contributed by atoms with Crippen molar-refractivity contribution >= 4 is 5.82 Å². The van der Waals surface area contributed by atoms with Crippen molar-refractivity contribution in [3.8, 4) is 6.07 Å². The molecule has 0 bridgehead atoms. The van der Waals surface area contributed by atoms with Gasteiger partial charge in [-0.3, -0.25) is 5.32 Å². The molecule has 24 heavy (non-hydrogen) atoms. The van der Waals surface area contributed by atoms with E-state index >= 15 is 0 Å². The maximum atomic E-state index is 9.77. The molecule has 0 unspecified atom stereocenters. The van der Waals surface area contributed by atoms with Gasteiger partial charge in [-0.05, 0) is 38.2 Å². The normalized spacial score (nSPS) is 15.9. The Hall–Kier alpha value is -1.60. The van der Waals surface area contributed by atoms with Crippen LogP contribution < -0.4 is 10.3 Å². The highest BCUT2D eigenvalue weighted by Crippen LogP contribution is 2.33. The van der Waals surface area contributed by atoms with Crippen LogP contribution in [0.15, 0.2) is 0 Å². The molecule has 0 amide bonds. The molecule has 0 spiro atoms. The van der Waals surface area contributed by atoms with E-state index in [-0.39, 0.29) is 5.60 Å². The lowest BCUT2D eigenvalue weighted by Gasteiger charge is -2.33. The van der Waals surface area contributed by atoms with E-state index in [0.717, 1.165) is 37.2 Å². The Kier molecular flexibility index (Phi) is 6.23. The van der Waals surface area contributed by atoms with Crippen molar-refractivity contribution in [2.24, 2.45) is 5.92 Å². The molecule has 4 heteroatoms. The molecule has 1 aliphatic heterocycles. The van der Waals surface area contributed by atoms with Gasteiger partial charge in [0.25, 0.3) is 5.82 Å². The van der Waals surface area contributed by atoms with Gasteiger partial charge in [0, 0.05) is 18.4 Å². The molecule has 132 valence electrons. The van der Waals surface area contributed by atoms with E-state index in [4.69, 9.17) is 4.74 Å². The summed E-state index contributed by atoms with van der Waals surface area (Å²) in [6.45, 7) is 12.3. The van der Waals surface area contributed by atoms with Gasteiger partial charge in [-0.25, -0.2) is 4.98 Å². The summed E-state index contributed by atoms with van der Waals surface area (Å²) in [7, 11) is 0. The predicted octanol–water partition coefficient (Wildman–Crippen LogP) is 4.02. The average Bonchev–Trinajstić information content (AvgIpc) is 2.50. The van der Waals surface area contributed by atoms with Crippen LogP contribution in [-0.2, 0) is 24.2 Å². The lowest BCUT2D eigenvalue weighted by Crippen LogP contribution is -2.36. The van der Waals surface area contributed by atoms with Crippen LogP contribution in [0.5, 0.6) is 0 Å². The van der Waals surface area contributed by atoms with Crippen molar-refractivity contribution < 1.29 is 9.72 Å². The predicted molar refractivity (Wildman–Crippen MR) is 96.8 cm³/mol. The average molecular weight is 330 g/mol. The number of nitrogens with one attached hydrogen (secondary N) is 2. The fraction of sp³-hybridized carbons (Fsp3) is 0.700. The van der Waals surface area contributed by atoms with Crippen LogP contribution in [0.1, 0.15) is 76.3 Å². The molecule has 2 rings (SSSR count). The van der Waals surface area contributed by atoms with Gasteiger partial charge in [0.2, 0.25) is 0 Å². The van der Waals surface area contributed by atoms with Crippen LogP contribution >= 0.6 is 0 Å². The second kappa shape index (κ2) is 7.98. The number of H-pyrrole nitrogens is 1. The molecule has 0 atom stereocenters. The summed E-state index contributed by atoms with van der Waals surface area (Å²) in [5, 5.41) is 13.2. The molecule has 1 aromatic heterocycles. The molecule has 0 aromatic carbocycles. The minimum absolute atomic E-state index is 0.214. The topological polar surface area (TPSA) is 59.2 Å². The third-order valence-electron chi connectivity index (χ3n) is 4.57. The Morgan fingerprint density at radius 3 is 2.67 bits per heavy atom. The molecule has 2 N–H and O–H groups in total. The van der Waals surface area contributed by atoms with Crippen LogP contribution in [0.25, 0.3) is 0 Å². The van der Waals surface area contributed by atoms with Crippen LogP contribution in [0, 0.1) is 17.2 Å². The van der Waals surface area contributed by atoms with Crippen LogP contribution in [0.3, 0.4) is 0 Å². The quantitative estimate of drug-likeness (QED) is 0.768. The molecule has 4 nitrogen and oxygen atoms in total. The maximum Gasteiger partial charge on any atom is 0.290 e. The van der Waals surface area contributed by atoms with E-state index < -0.39 is 0 Å². The largest absolute Gasteiger partial charge is 0.370 e. The SMILES string of the molecule is CCCCCNc1[nH+]c(CC(C)C)c2c(c1C#N)CC(C)(C)OC2. The summed E-state index contributed by atoms with van der Waals surface area (Å²) >= 11 is 0.